The summed E-state index contributed by atoms with van der Waals surface area (Å²) in [7, 11) is 0. The van der Waals surface area contributed by atoms with Crippen molar-refractivity contribution in [1.29, 1.82) is 0 Å². The van der Waals surface area contributed by atoms with Gasteiger partial charge in [0.2, 0.25) is 5.91 Å². The van der Waals surface area contributed by atoms with Gasteiger partial charge in [0.05, 0.1) is 12.3 Å². The molecule has 1 heterocycles. The average molecular weight is 335 g/mol. The quantitative estimate of drug-likeness (QED) is 0.617. The van der Waals surface area contributed by atoms with E-state index in [2.05, 4.69) is 21.4 Å². The molecule has 6 nitrogen and oxygen atoms in total. The van der Waals surface area contributed by atoms with Crippen LogP contribution >= 0.6 is 11.8 Å². The second kappa shape index (κ2) is 8.19. The molecule has 120 valence electrons. The number of nitrogens with zero attached hydrogens (tertiary/aromatic N) is 2. The fourth-order valence-corrected chi connectivity index (χ4v) is 2.14. The van der Waals surface area contributed by atoms with Gasteiger partial charge >= 0.3 is 0 Å². The number of terminal acetylenes is 1. The summed E-state index contributed by atoms with van der Waals surface area (Å²) in [5.74, 6) is 2.62. The molecular weight excluding hydrogens is 321 g/mol. The minimum absolute atomic E-state index is 0.122. The van der Waals surface area contributed by atoms with Crippen molar-refractivity contribution in [2.24, 2.45) is 0 Å². The van der Waals surface area contributed by atoms with E-state index < -0.39 is 6.10 Å². The van der Waals surface area contributed by atoms with E-state index in [9.17, 15) is 9.18 Å². The normalized spacial score (nSPS) is 11.5. The number of carbonyl (C=O) groups excluding carboxylic acids is 1. The van der Waals surface area contributed by atoms with Gasteiger partial charge in [0.25, 0.3) is 11.1 Å². The molecule has 0 saturated heterocycles. The highest BCUT2D eigenvalue weighted by atomic mass is 32.2. The zero-order chi connectivity index (χ0) is 16.7. The molecule has 2 rings (SSSR count). The summed E-state index contributed by atoms with van der Waals surface area (Å²) in [5.41, 5.74) is 0. The summed E-state index contributed by atoms with van der Waals surface area (Å²) < 4.78 is 23.8. The number of ether oxygens (including phenoxy) is 1. The highest BCUT2D eigenvalue weighted by Crippen LogP contribution is 2.23. The molecule has 0 spiro atoms. The van der Waals surface area contributed by atoms with Crippen LogP contribution in [0.3, 0.4) is 0 Å². The van der Waals surface area contributed by atoms with E-state index in [-0.39, 0.29) is 35.1 Å². The predicted molar refractivity (Wildman–Crippen MR) is 82.3 cm³/mol. The highest BCUT2D eigenvalue weighted by Gasteiger charge is 2.16. The van der Waals surface area contributed by atoms with Gasteiger partial charge < -0.3 is 14.5 Å². The van der Waals surface area contributed by atoms with E-state index >= 15 is 0 Å². The average Bonchev–Trinajstić information content (AvgIpc) is 3.02. The smallest absolute Gasteiger partial charge is 0.277 e. The van der Waals surface area contributed by atoms with Crippen molar-refractivity contribution in [3.63, 3.8) is 0 Å². The Morgan fingerprint density at radius 2 is 2.22 bits per heavy atom. The van der Waals surface area contributed by atoms with Crippen molar-refractivity contribution in [3.8, 4) is 18.1 Å². The zero-order valence-corrected chi connectivity index (χ0v) is 13.1. The third-order valence-electron chi connectivity index (χ3n) is 2.61. The number of rotatable bonds is 7. The van der Waals surface area contributed by atoms with Crippen LogP contribution < -0.4 is 10.1 Å². The Kier molecular flexibility index (Phi) is 6.00. The zero-order valence-electron chi connectivity index (χ0n) is 12.3. The van der Waals surface area contributed by atoms with E-state index in [4.69, 9.17) is 15.6 Å². The lowest BCUT2D eigenvalue weighted by Gasteiger charge is -2.10. The van der Waals surface area contributed by atoms with Crippen LogP contribution in [0.5, 0.6) is 5.75 Å². The number of nitrogens with one attached hydrogen (secondary N) is 1. The highest BCUT2D eigenvalue weighted by molar-refractivity contribution is 7.99. The van der Waals surface area contributed by atoms with Crippen LogP contribution in [-0.2, 0) is 4.79 Å². The molecule has 1 amide bonds. The molecule has 0 saturated carbocycles. The first-order chi connectivity index (χ1) is 11.1. The van der Waals surface area contributed by atoms with Crippen molar-refractivity contribution in [1.82, 2.24) is 15.5 Å². The minimum Gasteiger partial charge on any atom is -0.481 e. The number of thioether (sulfide) groups is 1. The van der Waals surface area contributed by atoms with Crippen molar-refractivity contribution in [2.45, 2.75) is 18.3 Å². The van der Waals surface area contributed by atoms with E-state index in [1.165, 1.54) is 24.3 Å². The molecular formula is C15H14FN3O3S. The summed E-state index contributed by atoms with van der Waals surface area (Å²) >= 11 is 1.10. The SMILES string of the molecule is C#CCNC(=O)CSc1nnc([C@H](C)Oc2ccc(F)cc2)o1. The first kappa shape index (κ1) is 16.8. The Bertz CT molecular complexity index is 697. The molecule has 8 heteroatoms. The number of halogens is 1. The number of hydrogen-bond acceptors (Lipinski definition) is 6. The maximum absolute atomic E-state index is 12.8. The molecule has 1 aromatic carbocycles. The molecule has 1 atom stereocenters. The largest absolute Gasteiger partial charge is 0.481 e. The molecule has 0 aliphatic heterocycles. The molecule has 0 bridgehead atoms. The van der Waals surface area contributed by atoms with E-state index in [0.717, 1.165) is 11.8 Å². The second-order valence-electron chi connectivity index (χ2n) is 4.39. The van der Waals surface area contributed by atoms with Crippen LogP contribution in [0.15, 0.2) is 33.9 Å². The number of benzene rings is 1. The van der Waals surface area contributed by atoms with Gasteiger partial charge in [0.15, 0.2) is 6.10 Å². The van der Waals surface area contributed by atoms with Crippen molar-refractivity contribution < 1.29 is 18.3 Å². The fraction of sp³-hybridized carbons (Fsp3) is 0.267. The van der Waals surface area contributed by atoms with E-state index in [1.54, 1.807) is 6.92 Å². The Morgan fingerprint density at radius 1 is 1.48 bits per heavy atom. The Labute approximate surface area is 136 Å². The lowest BCUT2D eigenvalue weighted by atomic mass is 10.3. The maximum Gasteiger partial charge on any atom is 0.277 e. The maximum atomic E-state index is 12.8. The first-order valence-corrected chi connectivity index (χ1v) is 7.65. The molecule has 2 aromatic rings. The first-order valence-electron chi connectivity index (χ1n) is 6.67. The van der Waals surface area contributed by atoms with Crippen LogP contribution in [0, 0.1) is 18.2 Å². The number of hydrogen-bond donors (Lipinski definition) is 1. The summed E-state index contributed by atoms with van der Waals surface area (Å²) in [4.78, 5) is 11.4. The van der Waals surface area contributed by atoms with Crippen molar-refractivity contribution in [2.75, 3.05) is 12.3 Å². The van der Waals surface area contributed by atoms with Gasteiger partial charge in [0, 0.05) is 0 Å². The number of aromatic nitrogens is 2. The second-order valence-corrected chi connectivity index (χ2v) is 5.32. The van der Waals surface area contributed by atoms with E-state index in [1.807, 2.05) is 0 Å². The third-order valence-corrected chi connectivity index (χ3v) is 3.43. The Hall–Kier alpha value is -2.53. The van der Waals surface area contributed by atoms with Gasteiger partial charge in [-0.1, -0.05) is 17.7 Å². The van der Waals surface area contributed by atoms with Gasteiger partial charge in [0.1, 0.15) is 11.6 Å². The Balaban J connectivity index is 1.87. The summed E-state index contributed by atoms with van der Waals surface area (Å²) in [6.07, 6.45) is 4.54. The molecule has 0 radical (unpaired) electrons. The predicted octanol–water partition coefficient (Wildman–Crippen LogP) is 2.19. The number of amides is 1. The van der Waals surface area contributed by atoms with Crippen molar-refractivity contribution >= 4 is 17.7 Å². The van der Waals surface area contributed by atoms with Crippen molar-refractivity contribution in [3.05, 3.63) is 36.0 Å². The van der Waals surface area contributed by atoms with Crippen LogP contribution in [0.25, 0.3) is 0 Å². The molecule has 1 N–H and O–H groups in total. The van der Waals surface area contributed by atoms with Gasteiger partial charge in [-0.05, 0) is 31.2 Å². The molecule has 1 aromatic heterocycles. The van der Waals surface area contributed by atoms with E-state index in [0.29, 0.717) is 5.75 Å². The van der Waals surface area contributed by atoms with Gasteiger partial charge in [-0.2, -0.15) is 0 Å². The summed E-state index contributed by atoms with van der Waals surface area (Å²) in [5, 5.41) is 10.5. The summed E-state index contributed by atoms with van der Waals surface area (Å²) in [6, 6.07) is 5.61. The fourth-order valence-electron chi connectivity index (χ4n) is 1.54. The van der Waals surface area contributed by atoms with Gasteiger partial charge in [-0.15, -0.1) is 16.6 Å². The van der Waals surface area contributed by atoms with Crippen LogP contribution in [0.2, 0.25) is 0 Å². The molecule has 0 aliphatic carbocycles. The number of carbonyl (C=O) groups is 1. The molecule has 23 heavy (non-hydrogen) atoms. The van der Waals surface area contributed by atoms with Crippen LogP contribution in [-0.4, -0.2) is 28.4 Å². The summed E-state index contributed by atoms with van der Waals surface area (Å²) in [6.45, 7) is 1.90. The minimum atomic E-state index is -0.502. The molecule has 0 unspecified atom stereocenters. The Morgan fingerprint density at radius 3 is 2.91 bits per heavy atom. The third kappa shape index (κ3) is 5.30. The van der Waals surface area contributed by atoms with Crippen LogP contribution in [0.4, 0.5) is 4.39 Å². The monoisotopic (exact) mass is 335 g/mol. The van der Waals surface area contributed by atoms with Gasteiger partial charge in [-0.25, -0.2) is 4.39 Å². The topological polar surface area (TPSA) is 77.2 Å². The molecule has 0 fully saturated rings. The lowest BCUT2D eigenvalue weighted by molar-refractivity contribution is -0.118. The van der Waals surface area contributed by atoms with Gasteiger partial charge in [-0.3, -0.25) is 4.79 Å². The van der Waals surface area contributed by atoms with Crippen LogP contribution in [0.1, 0.15) is 18.9 Å². The lowest BCUT2D eigenvalue weighted by Crippen LogP contribution is -2.25. The molecule has 0 aliphatic rings. The standard InChI is InChI=1S/C15H14FN3O3S/c1-3-8-17-13(20)9-23-15-19-18-14(22-15)10(2)21-12-6-4-11(16)5-7-12/h1,4-7,10H,8-9H2,2H3,(H,17,20)/t10-/m0/s1.